The van der Waals surface area contributed by atoms with Gasteiger partial charge in [-0.25, -0.2) is 4.79 Å². The monoisotopic (exact) mass is 333 g/mol. The third-order valence-electron chi connectivity index (χ3n) is 2.67. The van der Waals surface area contributed by atoms with Crippen LogP contribution in [0.5, 0.6) is 11.5 Å². The summed E-state index contributed by atoms with van der Waals surface area (Å²) in [5.74, 6) is -0.231. The maximum absolute atomic E-state index is 10.8. The molecule has 6 heteroatoms. The Labute approximate surface area is 136 Å². The Balaban J connectivity index is 2.25. The summed E-state index contributed by atoms with van der Waals surface area (Å²) in [6.45, 7) is 0. The van der Waals surface area contributed by atoms with Gasteiger partial charge in [0.15, 0.2) is 0 Å². The van der Waals surface area contributed by atoms with Gasteiger partial charge in [0.1, 0.15) is 23.1 Å². The number of halogens is 2. The SMILES string of the molecule is N#C/C(=C/c1ccc(Oc2ccc(Cl)cc2)cc1Cl)C(=O)O. The highest BCUT2D eigenvalue weighted by atomic mass is 35.5. The van der Waals surface area contributed by atoms with Gasteiger partial charge in [0, 0.05) is 5.02 Å². The number of nitriles is 1. The number of ether oxygens (including phenoxy) is 1. The molecule has 0 saturated heterocycles. The van der Waals surface area contributed by atoms with E-state index in [2.05, 4.69) is 0 Å². The quantitative estimate of drug-likeness (QED) is 0.645. The minimum atomic E-state index is -1.31. The average molecular weight is 334 g/mol. The van der Waals surface area contributed by atoms with E-state index in [-0.39, 0.29) is 5.02 Å². The molecule has 0 unspecified atom stereocenters. The standard InChI is InChI=1S/C16H9Cl2NO3/c17-12-2-5-13(6-3-12)22-14-4-1-10(15(18)8-14)7-11(9-19)16(20)21/h1-8H,(H,20,21)/b11-7-. The number of carboxylic acid groups (broad SMARTS) is 1. The van der Waals surface area contributed by atoms with Crippen LogP contribution in [0.4, 0.5) is 0 Å². The number of aliphatic carboxylic acids is 1. The topological polar surface area (TPSA) is 70.3 Å². The minimum absolute atomic E-state index is 0.278. The second-order valence-electron chi connectivity index (χ2n) is 4.21. The number of benzene rings is 2. The number of hydrogen-bond donors (Lipinski definition) is 1. The molecule has 0 radical (unpaired) electrons. The zero-order valence-corrected chi connectivity index (χ0v) is 12.6. The van der Waals surface area contributed by atoms with E-state index in [4.69, 9.17) is 38.3 Å². The number of hydrogen-bond acceptors (Lipinski definition) is 3. The number of carbonyl (C=O) groups is 1. The van der Waals surface area contributed by atoms with Crippen molar-refractivity contribution < 1.29 is 14.6 Å². The molecule has 0 atom stereocenters. The normalized spacial score (nSPS) is 10.9. The number of rotatable bonds is 4. The molecular formula is C16H9Cl2NO3. The molecule has 2 rings (SSSR count). The minimum Gasteiger partial charge on any atom is -0.477 e. The van der Waals surface area contributed by atoms with Crippen LogP contribution in [0.15, 0.2) is 48.0 Å². The van der Waals surface area contributed by atoms with E-state index in [0.717, 1.165) is 0 Å². The van der Waals surface area contributed by atoms with Crippen molar-refractivity contribution in [3.8, 4) is 17.6 Å². The van der Waals surface area contributed by atoms with Crippen LogP contribution in [0.1, 0.15) is 5.56 Å². The fraction of sp³-hybridized carbons (Fsp3) is 0. The smallest absolute Gasteiger partial charge is 0.346 e. The van der Waals surface area contributed by atoms with E-state index in [1.165, 1.54) is 6.08 Å². The van der Waals surface area contributed by atoms with Gasteiger partial charge in [-0.1, -0.05) is 23.2 Å². The second-order valence-corrected chi connectivity index (χ2v) is 5.06. The summed E-state index contributed by atoms with van der Waals surface area (Å²) in [7, 11) is 0. The highest BCUT2D eigenvalue weighted by molar-refractivity contribution is 6.32. The molecule has 0 aliphatic rings. The van der Waals surface area contributed by atoms with E-state index < -0.39 is 11.5 Å². The van der Waals surface area contributed by atoms with Crippen molar-refractivity contribution in [1.29, 1.82) is 5.26 Å². The number of carboxylic acids is 1. The van der Waals surface area contributed by atoms with Gasteiger partial charge in [-0.2, -0.15) is 5.26 Å². The predicted octanol–water partition coefficient (Wildman–Crippen LogP) is 4.78. The maximum Gasteiger partial charge on any atom is 0.346 e. The Morgan fingerprint density at radius 2 is 1.77 bits per heavy atom. The largest absolute Gasteiger partial charge is 0.477 e. The molecule has 0 bridgehead atoms. The molecular weight excluding hydrogens is 325 g/mol. The molecule has 2 aromatic rings. The van der Waals surface area contributed by atoms with Crippen molar-refractivity contribution in [3.05, 3.63) is 63.6 Å². The van der Waals surface area contributed by atoms with Gasteiger partial charge in [-0.05, 0) is 54.1 Å². The summed E-state index contributed by atoms with van der Waals surface area (Å²) in [6, 6.07) is 13.2. The van der Waals surface area contributed by atoms with Crippen LogP contribution < -0.4 is 4.74 Å². The Kier molecular flexibility index (Phi) is 5.05. The highest BCUT2D eigenvalue weighted by Crippen LogP contribution is 2.28. The molecule has 2 aromatic carbocycles. The zero-order valence-electron chi connectivity index (χ0n) is 11.1. The Morgan fingerprint density at radius 1 is 1.14 bits per heavy atom. The van der Waals surface area contributed by atoms with Crippen molar-refractivity contribution in [2.75, 3.05) is 0 Å². The summed E-state index contributed by atoms with van der Waals surface area (Å²) in [6.07, 6.45) is 1.21. The Bertz CT molecular complexity index is 777. The van der Waals surface area contributed by atoms with Crippen molar-refractivity contribution >= 4 is 35.2 Å². The first kappa shape index (κ1) is 15.9. The first-order valence-corrected chi connectivity index (χ1v) is 6.83. The van der Waals surface area contributed by atoms with E-state index in [0.29, 0.717) is 22.1 Å². The lowest BCUT2D eigenvalue weighted by molar-refractivity contribution is -0.132. The fourth-order valence-corrected chi connectivity index (χ4v) is 1.98. The van der Waals surface area contributed by atoms with E-state index in [1.54, 1.807) is 48.5 Å². The molecule has 0 aliphatic carbocycles. The van der Waals surface area contributed by atoms with Crippen LogP contribution in [0.2, 0.25) is 10.0 Å². The van der Waals surface area contributed by atoms with E-state index >= 15 is 0 Å². The van der Waals surface area contributed by atoms with Gasteiger partial charge in [0.25, 0.3) is 0 Å². The van der Waals surface area contributed by atoms with Gasteiger partial charge < -0.3 is 9.84 Å². The van der Waals surface area contributed by atoms with Gasteiger partial charge in [0.2, 0.25) is 0 Å². The van der Waals surface area contributed by atoms with Crippen LogP contribution in [0.25, 0.3) is 6.08 Å². The summed E-state index contributed by atoms with van der Waals surface area (Å²) in [5.41, 5.74) is 0.0253. The Hall–Kier alpha value is -2.48. The summed E-state index contributed by atoms with van der Waals surface area (Å²) in [5, 5.41) is 18.4. The molecule has 110 valence electrons. The van der Waals surface area contributed by atoms with Crippen molar-refractivity contribution in [1.82, 2.24) is 0 Å². The third-order valence-corrected chi connectivity index (χ3v) is 3.25. The lowest BCUT2D eigenvalue weighted by atomic mass is 10.1. The summed E-state index contributed by atoms with van der Waals surface area (Å²) >= 11 is 11.9. The van der Waals surface area contributed by atoms with E-state index in [9.17, 15) is 4.79 Å². The molecule has 0 fully saturated rings. The zero-order chi connectivity index (χ0) is 16.1. The van der Waals surface area contributed by atoms with Crippen LogP contribution in [-0.2, 0) is 4.79 Å². The maximum atomic E-state index is 10.8. The highest BCUT2D eigenvalue weighted by Gasteiger charge is 2.08. The Morgan fingerprint density at radius 3 is 2.32 bits per heavy atom. The van der Waals surface area contributed by atoms with Crippen molar-refractivity contribution in [2.24, 2.45) is 0 Å². The predicted molar refractivity (Wildman–Crippen MR) is 84.2 cm³/mol. The summed E-state index contributed by atoms with van der Waals surface area (Å²) < 4.78 is 5.60. The number of nitrogens with zero attached hydrogens (tertiary/aromatic N) is 1. The lowest BCUT2D eigenvalue weighted by Crippen LogP contribution is -1.97. The van der Waals surface area contributed by atoms with E-state index in [1.807, 2.05) is 0 Å². The van der Waals surface area contributed by atoms with Crippen LogP contribution in [0.3, 0.4) is 0 Å². The van der Waals surface area contributed by atoms with Gasteiger partial charge in [-0.3, -0.25) is 0 Å². The molecule has 0 aromatic heterocycles. The van der Waals surface area contributed by atoms with Crippen LogP contribution in [-0.4, -0.2) is 11.1 Å². The molecule has 1 N–H and O–H groups in total. The van der Waals surface area contributed by atoms with Crippen molar-refractivity contribution in [3.63, 3.8) is 0 Å². The molecule has 0 aliphatic heterocycles. The summed E-state index contributed by atoms with van der Waals surface area (Å²) in [4.78, 5) is 10.8. The van der Waals surface area contributed by atoms with Gasteiger partial charge in [0.05, 0.1) is 5.02 Å². The third kappa shape index (κ3) is 4.01. The molecule has 0 spiro atoms. The second kappa shape index (κ2) is 6.99. The fourth-order valence-electron chi connectivity index (χ4n) is 1.62. The van der Waals surface area contributed by atoms with Crippen molar-refractivity contribution in [2.45, 2.75) is 0 Å². The van der Waals surface area contributed by atoms with Gasteiger partial charge in [-0.15, -0.1) is 0 Å². The molecule has 0 amide bonds. The first-order chi connectivity index (χ1) is 10.5. The average Bonchev–Trinajstić information content (AvgIpc) is 2.48. The molecule has 0 heterocycles. The lowest BCUT2D eigenvalue weighted by Gasteiger charge is -2.07. The van der Waals surface area contributed by atoms with Gasteiger partial charge >= 0.3 is 5.97 Å². The first-order valence-electron chi connectivity index (χ1n) is 6.07. The van der Waals surface area contributed by atoms with Crippen LogP contribution in [0, 0.1) is 11.3 Å². The molecule has 0 saturated carbocycles. The van der Waals surface area contributed by atoms with Crippen LogP contribution >= 0.6 is 23.2 Å². The molecule has 4 nitrogen and oxygen atoms in total. The molecule has 22 heavy (non-hydrogen) atoms.